The third-order valence-electron chi connectivity index (χ3n) is 6.02. The fourth-order valence-electron chi connectivity index (χ4n) is 5.58. The van der Waals surface area contributed by atoms with Gasteiger partial charge in [0.25, 0.3) is 0 Å². The van der Waals surface area contributed by atoms with Crippen LogP contribution in [-0.2, 0) is 6.54 Å². The molecule has 4 fully saturated rings. The van der Waals surface area contributed by atoms with E-state index in [9.17, 15) is 0 Å². The quantitative estimate of drug-likeness (QED) is 0.918. The first-order valence-electron chi connectivity index (χ1n) is 8.21. The molecule has 1 heterocycles. The molecule has 0 spiro atoms. The van der Waals surface area contributed by atoms with Crippen molar-refractivity contribution < 1.29 is 4.52 Å². The van der Waals surface area contributed by atoms with Gasteiger partial charge < -0.3 is 9.84 Å². The highest BCUT2D eigenvalue weighted by molar-refractivity contribution is 5.01. The highest BCUT2D eigenvalue weighted by Crippen LogP contribution is 2.57. The van der Waals surface area contributed by atoms with Gasteiger partial charge in [-0.1, -0.05) is 5.16 Å². The van der Waals surface area contributed by atoms with Crippen LogP contribution in [0.4, 0.5) is 0 Å². The molecule has 1 atom stereocenters. The van der Waals surface area contributed by atoms with E-state index in [4.69, 9.17) is 4.52 Å². The van der Waals surface area contributed by atoms with Gasteiger partial charge >= 0.3 is 0 Å². The Bertz CT molecular complexity index is 456. The zero-order chi connectivity index (χ0) is 13.7. The molecular formula is C16H25N3O. The molecule has 4 heteroatoms. The lowest BCUT2D eigenvalue weighted by atomic mass is 9.50. The molecule has 0 saturated heterocycles. The number of aryl methyl sites for hydroxylation is 1. The molecule has 0 radical (unpaired) electrons. The predicted molar refractivity (Wildman–Crippen MR) is 75.9 cm³/mol. The van der Waals surface area contributed by atoms with Crippen LogP contribution in [0.5, 0.6) is 0 Å². The van der Waals surface area contributed by atoms with Gasteiger partial charge in [0, 0.05) is 6.04 Å². The number of nitrogens with one attached hydrogen (secondary N) is 1. The summed E-state index contributed by atoms with van der Waals surface area (Å²) in [7, 11) is 0. The van der Waals surface area contributed by atoms with Crippen LogP contribution in [0, 0.1) is 36.5 Å². The molecular weight excluding hydrogens is 250 g/mol. The van der Waals surface area contributed by atoms with Gasteiger partial charge in [-0.05, 0) is 75.5 Å². The lowest BCUT2D eigenvalue weighted by molar-refractivity contribution is -0.0497. The van der Waals surface area contributed by atoms with Crippen LogP contribution in [0.15, 0.2) is 4.52 Å². The molecule has 4 aliphatic rings. The van der Waals surface area contributed by atoms with Gasteiger partial charge in [0.1, 0.15) is 0 Å². The molecule has 0 amide bonds. The minimum Gasteiger partial charge on any atom is -0.338 e. The Kier molecular flexibility index (Phi) is 3.09. The van der Waals surface area contributed by atoms with Crippen molar-refractivity contribution in [2.45, 2.75) is 58.5 Å². The standard InChI is InChI=1S/C16H25N3O/c1-9(17-8-15-18-10(2)19-20-15)16-13-4-11-3-12(6-13)7-14(16)5-11/h9,11-14,16-17H,3-8H2,1-2H3. The fourth-order valence-corrected chi connectivity index (χ4v) is 5.58. The van der Waals surface area contributed by atoms with E-state index in [-0.39, 0.29) is 0 Å². The Labute approximate surface area is 120 Å². The number of hydrogen-bond acceptors (Lipinski definition) is 4. The summed E-state index contributed by atoms with van der Waals surface area (Å²) >= 11 is 0. The van der Waals surface area contributed by atoms with Crippen LogP contribution in [0.1, 0.15) is 50.7 Å². The summed E-state index contributed by atoms with van der Waals surface area (Å²) < 4.78 is 5.20. The molecule has 1 aromatic heterocycles. The summed E-state index contributed by atoms with van der Waals surface area (Å²) in [4.78, 5) is 4.28. The maximum atomic E-state index is 5.20. The van der Waals surface area contributed by atoms with Gasteiger partial charge in [0.05, 0.1) is 6.54 Å². The van der Waals surface area contributed by atoms with E-state index in [2.05, 4.69) is 22.4 Å². The normalized spacial score (nSPS) is 40.2. The predicted octanol–water partition coefficient (Wildman–Crippen LogP) is 2.93. The molecule has 0 aliphatic heterocycles. The lowest BCUT2D eigenvalue weighted by Gasteiger charge is -2.56. The number of rotatable bonds is 4. The Balaban J connectivity index is 1.40. The van der Waals surface area contributed by atoms with Gasteiger partial charge in [-0.25, -0.2) is 0 Å². The molecule has 5 rings (SSSR count). The average Bonchev–Trinajstić information content (AvgIpc) is 2.81. The second-order valence-electron chi connectivity index (χ2n) is 7.41. The molecule has 4 saturated carbocycles. The van der Waals surface area contributed by atoms with Crippen molar-refractivity contribution in [3.8, 4) is 0 Å². The van der Waals surface area contributed by atoms with Crippen LogP contribution in [-0.4, -0.2) is 16.2 Å². The topological polar surface area (TPSA) is 51.0 Å². The first-order valence-corrected chi connectivity index (χ1v) is 8.21. The lowest BCUT2D eigenvalue weighted by Crippen LogP contribution is -2.51. The molecule has 0 aromatic carbocycles. The van der Waals surface area contributed by atoms with Gasteiger partial charge in [-0.15, -0.1) is 0 Å². The van der Waals surface area contributed by atoms with Crippen LogP contribution in [0.3, 0.4) is 0 Å². The molecule has 110 valence electrons. The Morgan fingerprint density at radius 3 is 2.35 bits per heavy atom. The minimum absolute atomic E-state index is 0.567. The van der Waals surface area contributed by atoms with E-state index in [0.29, 0.717) is 12.6 Å². The number of nitrogens with zero attached hydrogens (tertiary/aromatic N) is 2. The van der Waals surface area contributed by atoms with E-state index in [1.165, 1.54) is 32.1 Å². The van der Waals surface area contributed by atoms with E-state index in [1.54, 1.807) is 0 Å². The maximum Gasteiger partial charge on any atom is 0.240 e. The Hall–Kier alpha value is -0.900. The summed E-state index contributed by atoms with van der Waals surface area (Å²) in [6.07, 6.45) is 7.49. The van der Waals surface area contributed by atoms with E-state index < -0.39 is 0 Å². The molecule has 20 heavy (non-hydrogen) atoms. The third-order valence-corrected chi connectivity index (χ3v) is 6.02. The monoisotopic (exact) mass is 275 g/mol. The average molecular weight is 275 g/mol. The zero-order valence-corrected chi connectivity index (χ0v) is 12.5. The minimum atomic E-state index is 0.567. The van der Waals surface area contributed by atoms with E-state index >= 15 is 0 Å². The summed E-state index contributed by atoms with van der Waals surface area (Å²) in [5.41, 5.74) is 0. The largest absolute Gasteiger partial charge is 0.338 e. The van der Waals surface area contributed by atoms with Crippen molar-refractivity contribution >= 4 is 0 Å². The van der Waals surface area contributed by atoms with Gasteiger partial charge in [0.15, 0.2) is 5.82 Å². The van der Waals surface area contributed by atoms with Crippen molar-refractivity contribution in [3.05, 3.63) is 11.7 Å². The Morgan fingerprint density at radius 1 is 1.15 bits per heavy atom. The van der Waals surface area contributed by atoms with Crippen LogP contribution in [0.25, 0.3) is 0 Å². The van der Waals surface area contributed by atoms with Gasteiger partial charge in [-0.2, -0.15) is 4.98 Å². The van der Waals surface area contributed by atoms with Crippen molar-refractivity contribution in [3.63, 3.8) is 0 Å². The van der Waals surface area contributed by atoms with Crippen LogP contribution in [0.2, 0.25) is 0 Å². The van der Waals surface area contributed by atoms with Crippen molar-refractivity contribution in [1.29, 1.82) is 0 Å². The first-order chi connectivity index (χ1) is 9.69. The van der Waals surface area contributed by atoms with Crippen LogP contribution >= 0.6 is 0 Å². The zero-order valence-electron chi connectivity index (χ0n) is 12.5. The van der Waals surface area contributed by atoms with Crippen LogP contribution < -0.4 is 5.32 Å². The molecule has 4 nitrogen and oxygen atoms in total. The van der Waals surface area contributed by atoms with E-state index in [0.717, 1.165) is 41.3 Å². The highest BCUT2D eigenvalue weighted by Gasteiger charge is 2.49. The SMILES string of the molecule is Cc1noc(CNC(C)C2C3CC4CC(C3)CC2C4)n1. The third kappa shape index (κ3) is 2.18. The summed E-state index contributed by atoms with van der Waals surface area (Å²) in [6.45, 7) is 4.94. The summed E-state index contributed by atoms with van der Waals surface area (Å²) in [6, 6.07) is 0.567. The molecule has 1 aromatic rings. The van der Waals surface area contributed by atoms with Crippen molar-refractivity contribution in [2.75, 3.05) is 0 Å². The van der Waals surface area contributed by atoms with Gasteiger partial charge in [-0.3, -0.25) is 0 Å². The second-order valence-corrected chi connectivity index (χ2v) is 7.41. The summed E-state index contributed by atoms with van der Waals surface area (Å²) in [5.74, 6) is 6.37. The Morgan fingerprint density at radius 2 is 1.80 bits per heavy atom. The van der Waals surface area contributed by atoms with Gasteiger partial charge in [0.2, 0.25) is 5.89 Å². The number of hydrogen-bond donors (Lipinski definition) is 1. The summed E-state index contributed by atoms with van der Waals surface area (Å²) in [5, 5.41) is 7.50. The highest BCUT2D eigenvalue weighted by atomic mass is 16.5. The van der Waals surface area contributed by atoms with E-state index in [1.807, 2.05) is 6.92 Å². The molecule has 1 unspecified atom stereocenters. The maximum absolute atomic E-state index is 5.20. The van der Waals surface area contributed by atoms with Crippen molar-refractivity contribution in [2.24, 2.45) is 29.6 Å². The number of aromatic nitrogens is 2. The van der Waals surface area contributed by atoms with Crippen molar-refractivity contribution in [1.82, 2.24) is 15.5 Å². The molecule has 1 N–H and O–H groups in total. The first kappa shape index (κ1) is 12.8. The molecule has 4 bridgehead atoms. The second kappa shape index (κ2) is 4.83. The molecule has 4 aliphatic carbocycles. The smallest absolute Gasteiger partial charge is 0.240 e. The fraction of sp³-hybridized carbons (Fsp3) is 0.875.